The maximum absolute atomic E-state index is 12.4. The normalized spacial score (nSPS) is 14.8. The molecule has 1 saturated carbocycles. The molecule has 0 saturated heterocycles. The van der Waals surface area contributed by atoms with E-state index in [4.69, 9.17) is 15.0 Å². The smallest absolute Gasteiger partial charge is 0.451 e. The lowest BCUT2D eigenvalue weighted by molar-refractivity contribution is -0.170. The molecule has 32 heavy (non-hydrogen) atoms. The van der Waals surface area contributed by atoms with Crippen molar-refractivity contribution >= 4 is 24.0 Å². The van der Waals surface area contributed by atoms with E-state index in [1.807, 2.05) is 30.3 Å². The van der Waals surface area contributed by atoms with Crippen LogP contribution in [0.3, 0.4) is 0 Å². The van der Waals surface area contributed by atoms with Crippen molar-refractivity contribution in [2.45, 2.75) is 64.3 Å². The Kier molecular flexibility index (Phi) is 9.97. The zero-order valence-electron chi connectivity index (χ0n) is 18.8. The average molecular weight is 448 g/mol. The minimum Gasteiger partial charge on any atom is -0.480 e. The Bertz CT molecular complexity index is 779. The van der Waals surface area contributed by atoms with Gasteiger partial charge in [0.2, 0.25) is 5.96 Å². The number of hydrogen-bond donors (Lipinski definition) is 2. The summed E-state index contributed by atoms with van der Waals surface area (Å²) in [5.41, 5.74) is 1.08. The minimum atomic E-state index is -1.08. The van der Waals surface area contributed by atoms with E-state index in [9.17, 15) is 19.5 Å². The number of hydroxylamine groups is 2. The largest absolute Gasteiger partial charge is 0.480 e. The van der Waals surface area contributed by atoms with E-state index in [0.29, 0.717) is 17.9 Å². The number of guanidine groups is 1. The number of aliphatic carboxylic acids is 1. The van der Waals surface area contributed by atoms with Crippen LogP contribution in [0.5, 0.6) is 0 Å². The third-order valence-corrected chi connectivity index (χ3v) is 5.61. The lowest BCUT2D eigenvalue weighted by Gasteiger charge is -2.36. The monoisotopic (exact) mass is 447 g/mol. The van der Waals surface area contributed by atoms with Crippen molar-refractivity contribution in [3.8, 4) is 0 Å². The van der Waals surface area contributed by atoms with Gasteiger partial charge in [0.25, 0.3) is 0 Å². The highest BCUT2D eigenvalue weighted by atomic mass is 16.8. The molecular formula is C23H33N3O6. The lowest BCUT2D eigenvalue weighted by atomic mass is 9.83. The predicted octanol–water partition coefficient (Wildman–Crippen LogP) is 3.83. The van der Waals surface area contributed by atoms with Gasteiger partial charge in [-0.15, -0.1) is 0 Å². The van der Waals surface area contributed by atoms with Crippen molar-refractivity contribution < 1.29 is 29.1 Å². The number of hydrogen-bond acceptors (Lipinski definition) is 6. The number of carbonyl (C=O) groups excluding carboxylic acids is 2. The van der Waals surface area contributed by atoms with Gasteiger partial charge in [-0.05, 0) is 44.1 Å². The van der Waals surface area contributed by atoms with Crippen LogP contribution in [-0.4, -0.2) is 58.8 Å². The topological polar surface area (TPSA) is 120 Å². The second-order valence-electron chi connectivity index (χ2n) is 7.91. The van der Waals surface area contributed by atoms with Gasteiger partial charge in [-0.25, -0.2) is 14.4 Å². The van der Waals surface area contributed by atoms with Crippen LogP contribution >= 0.6 is 0 Å². The van der Waals surface area contributed by atoms with E-state index in [-0.39, 0.29) is 18.9 Å². The number of ether oxygens (including phenoxy) is 1. The number of carbonyl (C=O) groups is 3. The van der Waals surface area contributed by atoms with Gasteiger partial charge in [0.05, 0.1) is 6.61 Å². The van der Waals surface area contributed by atoms with E-state index in [0.717, 1.165) is 37.7 Å². The van der Waals surface area contributed by atoms with E-state index in [1.165, 1.54) is 11.9 Å². The summed E-state index contributed by atoms with van der Waals surface area (Å²) in [6.07, 6.45) is 4.53. The first-order valence-corrected chi connectivity index (χ1v) is 11.1. The van der Waals surface area contributed by atoms with Crippen LogP contribution in [0.15, 0.2) is 30.3 Å². The average Bonchev–Trinajstić information content (AvgIpc) is 2.78. The number of benzene rings is 1. The molecule has 0 aliphatic heterocycles. The maximum atomic E-state index is 12.4. The Labute approximate surface area is 188 Å². The molecule has 0 aromatic heterocycles. The summed E-state index contributed by atoms with van der Waals surface area (Å²) in [5, 5.41) is 18.7. The molecule has 2 rings (SSSR count). The first-order chi connectivity index (χ1) is 15.3. The molecule has 1 amide bonds. The summed E-state index contributed by atoms with van der Waals surface area (Å²) in [6.45, 7) is 1.61. The molecule has 176 valence electrons. The number of rotatable bonds is 8. The van der Waals surface area contributed by atoms with Crippen molar-refractivity contribution in [1.29, 1.82) is 5.41 Å². The van der Waals surface area contributed by atoms with E-state index >= 15 is 0 Å². The molecule has 1 unspecified atom stereocenters. The number of amides is 1. The number of nitrogens with one attached hydrogen (secondary N) is 1. The molecule has 1 aliphatic rings. The first-order valence-electron chi connectivity index (χ1n) is 11.1. The molecule has 1 fully saturated rings. The van der Waals surface area contributed by atoms with Crippen molar-refractivity contribution in [2.24, 2.45) is 5.92 Å². The second-order valence-corrected chi connectivity index (χ2v) is 7.91. The number of carboxylic acid groups (broad SMARTS) is 1. The Hall–Kier alpha value is -3.10. The molecular weight excluding hydrogens is 414 g/mol. The molecule has 1 aliphatic carbocycles. The predicted molar refractivity (Wildman–Crippen MR) is 118 cm³/mol. The van der Waals surface area contributed by atoms with Gasteiger partial charge in [0.1, 0.15) is 6.04 Å². The molecule has 9 heteroatoms. The van der Waals surface area contributed by atoms with Crippen LogP contribution in [0.1, 0.15) is 57.4 Å². The van der Waals surface area contributed by atoms with Crippen molar-refractivity contribution in [3.05, 3.63) is 35.9 Å². The summed E-state index contributed by atoms with van der Waals surface area (Å²) in [5.74, 6) is -2.48. The Morgan fingerprint density at radius 1 is 1.16 bits per heavy atom. The quantitative estimate of drug-likeness (QED) is 0.353. The fourth-order valence-corrected chi connectivity index (χ4v) is 3.99. The minimum absolute atomic E-state index is 0.0167. The lowest BCUT2D eigenvalue weighted by Crippen LogP contribution is -2.54. The molecule has 1 aromatic carbocycles. The number of nitrogens with zero attached hydrogens (tertiary/aromatic N) is 2. The SMILES string of the molecule is CCOC(=O)N(OC(=O)CCCc1ccccc1)C(=N)N(C)C(C(=O)O)C1CCCCC1. The van der Waals surface area contributed by atoms with Gasteiger partial charge in [0.15, 0.2) is 0 Å². The Morgan fingerprint density at radius 3 is 2.41 bits per heavy atom. The van der Waals surface area contributed by atoms with Gasteiger partial charge in [-0.3, -0.25) is 5.41 Å². The van der Waals surface area contributed by atoms with Gasteiger partial charge in [0, 0.05) is 13.5 Å². The highest BCUT2D eigenvalue weighted by molar-refractivity contribution is 5.94. The summed E-state index contributed by atoms with van der Waals surface area (Å²) in [7, 11) is 1.42. The van der Waals surface area contributed by atoms with E-state index in [1.54, 1.807) is 6.92 Å². The zero-order chi connectivity index (χ0) is 23.5. The number of carboxylic acids is 1. The molecule has 1 atom stereocenters. The Morgan fingerprint density at radius 2 is 1.81 bits per heavy atom. The summed E-state index contributed by atoms with van der Waals surface area (Å²) >= 11 is 0. The Balaban J connectivity index is 2.05. The third-order valence-electron chi connectivity index (χ3n) is 5.61. The summed E-state index contributed by atoms with van der Waals surface area (Å²) in [6, 6.07) is 8.65. The van der Waals surface area contributed by atoms with Crippen LogP contribution in [0.25, 0.3) is 0 Å². The van der Waals surface area contributed by atoms with Crippen molar-refractivity contribution in [2.75, 3.05) is 13.7 Å². The second kappa shape index (κ2) is 12.7. The standard InChI is InChI=1S/C23H33N3O6/c1-3-31-23(30)26(32-19(27)16-10-13-17-11-6-4-7-12-17)22(24)25(2)20(21(28)29)18-14-8-5-9-15-18/h4,6-7,11-12,18,20,24H,3,5,8-10,13-16H2,1-2H3,(H,28,29). The zero-order valence-corrected chi connectivity index (χ0v) is 18.8. The van der Waals surface area contributed by atoms with Crippen molar-refractivity contribution in [1.82, 2.24) is 9.96 Å². The van der Waals surface area contributed by atoms with Gasteiger partial charge in [-0.2, -0.15) is 0 Å². The molecule has 9 nitrogen and oxygen atoms in total. The van der Waals surface area contributed by atoms with E-state index in [2.05, 4.69) is 0 Å². The molecule has 0 heterocycles. The molecule has 0 spiro atoms. The van der Waals surface area contributed by atoms with Crippen LogP contribution in [0, 0.1) is 11.3 Å². The van der Waals surface area contributed by atoms with Crippen LogP contribution in [-0.2, 0) is 25.6 Å². The molecule has 2 N–H and O–H groups in total. The van der Waals surface area contributed by atoms with Gasteiger partial charge in [-0.1, -0.05) is 54.7 Å². The summed E-state index contributed by atoms with van der Waals surface area (Å²) < 4.78 is 4.93. The van der Waals surface area contributed by atoms with Crippen LogP contribution in [0.2, 0.25) is 0 Å². The molecule has 0 radical (unpaired) electrons. The van der Waals surface area contributed by atoms with Crippen LogP contribution < -0.4 is 0 Å². The fraction of sp³-hybridized carbons (Fsp3) is 0.565. The fourth-order valence-electron chi connectivity index (χ4n) is 3.99. The molecule has 1 aromatic rings. The van der Waals surface area contributed by atoms with Gasteiger partial charge < -0.3 is 19.6 Å². The van der Waals surface area contributed by atoms with Crippen molar-refractivity contribution in [3.63, 3.8) is 0 Å². The first kappa shape index (κ1) is 25.2. The maximum Gasteiger partial charge on any atom is 0.451 e. The highest BCUT2D eigenvalue weighted by Gasteiger charge is 2.38. The summed E-state index contributed by atoms with van der Waals surface area (Å²) in [4.78, 5) is 43.1. The van der Waals surface area contributed by atoms with Crippen LogP contribution in [0.4, 0.5) is 4.79 Å². The highest BCUT2D eigenvalue weighted by Crippen LogP contribution is 2.29. The number of likely N-dealkylation sites (N-methyl/N-ethyl adjacent to an activating group) is 1. The molecule has 0 bridgehead atoms. The third kappa shape index (κ3) is 7.25. The van der Waals surface area contributed by atoms with Gasteiger partial charge >= 0.3 is 18.0 Å². The van der Waals surface area contributed by atoms with E-state index < -0.39 is 30.0 Å². The number of aryl methyl sites for hydroxylation is 1.